The van der Waals surface area contributed by atoms with Crippen LogP contribution in [-0.2, 0) is 16.0 Å². The lowest BCUT2D eigenvalue weighted by Gasteiger charge is -2.36. The van der Waals surface area contributed by atoms with Gasteiger partial charge in [-0.25, -0.2) is 4.90 Å². The SMILES string of the molecule is CC/C=C\C/C=C\C/C=C\CCCCCCCC(=O)N1C(=O)CCc2ccc(OCCCCN3CCN(c4cccc5ccccc45)CC3)nc21. The molecule has 1 fully saturated rings. The molecule has 5 rings (SSSR count). The van der Waals surface area contributed by atoms with Crippen molar-refractivity contribution in [2.45, 2.75) is 96.8 Å². The highest BCUT2D eigenvalue weighted by atomic mass is 16.5. The number of nitrogens with zero attached hydrogens (tertiary/aromatic N) is 4. The van der Waals surface area contributed by atoms with Crippen LogP contribution in [0.4, 0.5) is 11.5 Å². The van der Waals surface area contributed by atoms with Crippen LogP contribution < -0.4 is 14.5 Å². The number of hydrogen-bond acceptors (Lipinski definition) is 6. The van der Waals surface area contributed by atoms with Gasteiger partial charge in [-0.2, -0.15) is 4.98 Å². The standard InChI is InChI=1S/C44H58N4O3/c1-2-3-4-5-6-7-8-9-10-11-12-13-14-15-16-26-42(49)48-43(50)30-28-38-27-29-41(45-44(38)48)51-36-20-19-31-46-32-34-47(35-33-46)40-25-21-23-37-22-17-18-24-39(37)40/h3-4,6-7,9-10,17-18,21-25,27,29H,2,5,8,11-16,19-20,26,28,30-36H2,1H3/b4-3-,7-6-,10-9-. The average Bonchev–Trinajstić information content (AvgIpc) is 3.16. The number of benzene rings is 2. The smallest absolute Gasteiger partial charge is 0.235 e. The predicted octanol–water partition coefficient (Wildman–Crippen LogP) is 9.61. The third-order valence-electron chi connectivity index (χ3n) is 9.89. The second-order valence-corrected chi connectivity index (χ2v) is 13.7. The van der Waals surface area contributed by atoms with Gasteiger partial charge in [0.05, 0.1) is 6.61 Å². The van der Waals surface area contributed by atoms with Crippen LogP contribution in [0.15, 0.2) is 91.1 Å². The van der Waals surface area contributed by atoms with Crippen LogP contribution in [0.2, 0.25) is 0 Å². The summed E-state index contributed by atoms with van der Waals surface area (Å²) < 4.78 is 6.03. The number of ether oxygens (including phenoxy) is 1. The Kier molecular flexibility index (Phi) is 15.8. The van der Waals surface area contributed by atoms with Crippen LogP contribution in [0, 0.1) is 0 Å². The zero-order chi connectivity index (χ0) is 35.5. The van der Waals surface area contributed by atoms with Crippen LogP contribution in [0.25, 0.3) is 10.8 Å². The number of aryl methyl sites for hydroxylation is 1. The van der Waals surface area contributed by atoms with Gasteiger partial charge in [0, 0.05) is 56.2 Å². The van der Waals surface area contributed by atoms with E-state index >= 15 is 0 Å². The molecule has 0 spiro atoms. The Morgan fingerprint density at radius 2 is 1.51 bits per heavy atom. The number of piperazine rings is 1. The van der Waals surface area contributed by atoms with E-state index in [1.807, 2.05) is 12.1 Å². The molecule has 1 saturated heterocycles. The minimum atomic E-state index is -0.156. The maximum Gasteiger partial charge on any atom is 0.235 e. The van der Waals surface area contributed by atoms with E-state index < -0.39 is 0 Å². The second-order valence-electron chi connectivity index (χ2n) is 13.7. The second kappa shape index (κ2) is 21.2. The molecule has 3 aromatic rings. The highest BCUT2D eigenvalue weighted by Gasteiger charge is 2.31. The fourth-order valence-electron chi connectivity index (χ4n) is 6.98. The van der Waals surface area contributed by atoms with E-state index in [-0.39, 0.29) is 11.8 Å². The zero-order valence-corrected chi connectivity index (χ0v) is 30.8. The van der Waals surface area contributed by atoms with Crippen LogP contribution in [0.5, 0.6) is 5.88 Å². The summed E-state index contributed by atoms with van der Waals surface area (Å²) in [4.78, 5) is 37.1. The number of fused-ring (bicyclic) bond motifs is 2. The largest absolute Gasteiger partial charge is 0.478 e. The molecule has 7 heteroatoms. The molecule has 2 amide bonds. The van der Waals surface area contributed by atoms with Gasteiger partial charge in [0.25, 0.3) is 0 Å². The Bertz CT molecular complexity index is 1620. The predicted molar refractivity (Wildman–Crippen MR) is 212 cm³/mol. The fraction of sp³-hybridized carbons (Fsp3) is 0.477. The number of hydrogen-bond donors (Lipinski definition) is 0. The number of rotatable bonds is 20. The lowest BCUT2D eigenvalue weighted by Crippen LogP contribution is -2.46. The number of carbonyl (C=O) groups excluding carboxylic acids is 2. The van der Waals surface area contributed by atoms with E-state index in [0.717, 1.165) is 102 Å². The molecule has 0 N–H and O–H groups in total. The van der Waals surface area contributed by atoms with Crippen molar-refractivity contribution in [3.05, 3.63) is 96.6 Å². The molecule has 0 saturated carbocycles. The first-order valence-electron chi connectivity index (χ1n) is 19.5. The Balaban J connectivity index is 0.960. The minimum absolute atomic E-state index is 0.146. The number of anilines is 2. The molecule has 0 bridgehead atoms. The van der Waals surface area contributed by atoms with Gasteiger partial charge in [-0.15, -0.1) is 0 Å². The van der Waals surface area contributed by atoms with Crippen LogP contribution in [-0.4, -0.2) is 61.0 Å². The van der Waals surface area contributed by atoms with Crippen LogP contribution >= 0.6 is 0 Å². The highest BCUT2D eigenvalue weighted by molar-refractivity contribution is 6.15. The molecule has 7 nitrogen and oxygen atoms in total. The molecule has 51 heavy (non-hydrogen) atoms. The Morgan fingerprint density at radius 3 is 2.35 bits per heavy atom. The number of carbonyl (C=O) groups is 2. The van der Waals surface area contributed by atoms with Crippen LogP contribution in [0.3, 0.4) is 0 Å². The van der Waals surface area contributed by atoms with Crippen molar-refractivity contribution in [2.24, 2.45) is 0 Å². The summed E-state index contributed by atoms with van der Waals surface area (Å²) in [6, 6.07) is 19.1. The normalized spacial score (nSPS) is 15.5. The number of unbranched alkanes of at least 4 members (excludes halogenated alkanes) is 6. The van der Waals surface area contributed by atoms with Gasteiger partial charge in [0.1, 0.15) is 5.82 Å². The van der Waals surface area contributed by atoms with Gasteiger partial charge in [-0.3, -0.25) is 14.5 Å². The zero-order valence-electron chi connectivity index (χ0n) is 30.8. The summed E-state index contributed by atoms with van der Waals surface area (Å²) in [6.45, 7) is 7.95. The highest BCUT2D eigenvalue weighted by Crippen LogP contribution is 2.30. The summed E-state index contributed by atoms with van der Waals surface area (Å²) in [5, 5.41) is 2.62. The fourth-order valence-corrected chi connectivity index (χ4v) is 6.98. The molecule has 2 aromatic carbocycles. The van der Waals surface area contributed by atoms with Crippen LogP contribution in [0.1, 0.15) is 96.0 Å². The summed E-state index contributed by atoms with van der Waals surface area (Å²) in [5.74, 6) is 0.653. The van der Waals surface area contributed by atoms with Crippen molar-refractivity contribution in [2.75, 3.05) is 49.1 Å². The number of pyridine rings is 1. The first kappa shape index (κ1) is 38.0. The maximum absolute atomic E-state index is 13.2. The first-order valence-corrected chi connectivity index (χ1v) is 19.5. The molecule has 0 unspecified atom stereocenters. The van der Waals surface area contributed by atoms with E-state index in [1.54, 1.807) is 0 Å². The Morgan fingerprint density at radius 1 is 0.765 bits per heavy atom. The molecule has 1 aromatic heterocycles. The minimum Gasteiger partial charge on any atom is -0.478 e. The van der Waals surface area contributed by atoms with Gasteiger partial charge < -0.3 is 9.64 Å². The lowest BCUT2D eigenvalue weighted by atomic mass is 10.0. The number of aromatic nitrogens is 1. The average molecular weight is 691 g/mol. The molecule has 2 aliphatic heterocycles. The first-order chi connectivity index (χ1) is 25.1. The summed E-state index contributed by atoms with van der Waals surface area (Å²) in [5.41, 5.74) is 2.27. The van der Waals surface area contributed by atoms with Gasteiger partial charge in [-0.1, -0.05) is 99.0 Å². The van der Waals surface area contributed by atoms with Gasteiger partial charge in [0.15, 0.2) is 0 Å². The molecule has 3 heterocycles. The maximum atomic E-state index is 13.2. The summed E-state index contributed by atoms with van der Waals surface area (Å²) >= 11 is 0. The summed E-state index contributed by atoms with van der Waals surface area (Å²) in [6.07, 6.45) is 26.1. The van der Waals surface area contributed by atoms with Gasteiger partial charge in [-0.05, 0) is 87.4 Å². The number of imide groups is 1. The topological polar surface area (TPSA) is 66.0 Å². The van der Waals surface area contributed by atoms with Crippen molar-refractivity contribution in [3.8, 4) is 5.88 Å². The monoisotopic (exact) mass is 690 g/mol. The molecular formula is C44H58N4O3. The Labute approximate surface area is 306 Å². The van der Waals surface area contributed by atoms with E-state index in [4.69, 9.17) is 4.74 Å². The van der Waals surface area contributed by atoms with E-state index in [9.17, 15) is 9.59 Å². The number of allylic oxidation sites excluding steroid dienone is 6. The molecule has 0 radical (unpaired) electrons. The number of amides is 2. The molecule has 2 aliphatic rings. The Hall–Kier alpha value is -4.23. The van der Waals surface area contributed by atoms with E-state index in [2.05, 4.69) is 101 Å². The molecule has 0 aliphatic carbocycles. The van der Waals surface area contributed by atoms with Crippen molar-refractivity contribution in [1.29, 1.82) is 0 Å². The lowest BCUT2D eigenvalue weighted by molar-refractivity contribution is -0.127. The third-order valence-corrected chi connectivity index (χ3v) is 9.89. The van der Waals surface area contributed by atoms with Crippen molar-refractivity contribution in [1.82, 2.24) is 9.88 Å². The van der Waals surface area contributed by atoms with Crippen molar-refractivity contribution in [3.63, 3.8) is 0 Å². The van der Waals surface area contributed by atoms with Crippen molar-refractivity contribution < 1.29 is 14.3 Å². The third kappa shape index (κ3) is 11.9. The van der Waals surface area contributed by atoms with E-state index in [0.29, 0.717) is 37.6 Å². The molecular weight excluding hydrogens is 633 g/mol. The molecule has 0 atom stereocenters. The van der Waals surface area contributed by atoms with E-state index in [1.165, 1.54) is 27.8 Å². The van der Waals surface area contributed by atoms with Gasteiger partial charge in [0.2, 0.25) is 17.7 Å². The quantitative estimate of drug-likeness (QED) is 0.0869. The summed E-state index contributed by atoms with van der Waals surface area (Å²) in [7, 11) is 0. The molecule has 272 valence electrons. The van der Waals surface area contributed by atoms with Gasteiger partial charge >= 0.3 is 0 Å². The van der Waals surface area contributed by atoms with Crippen molar-refractivity contribution >= 4 is 34.1 Å².